The van der Waals surface area contributed by atoms with Crippen molar-refractivity contribution in [3.05, 3.63) is 77.8 Å². The Kier molecular flexibility index (Phi) is 5.29. The second kappa shape index (κ2) is 8.43. The Morgan fingerprint density at radius 2 is 1.82 bits per heavy atom. The van der Waals surface area contributed by atoms with E-state index < -0.39 is 17.7 Å². The Bertz CT molecular complexity index is 1330. The minimum absolute atomic E-state index is 0.124. The van der Waals surface area contributed by atoms with Gasteiger partial charge in [0.25, 0.3) is 11.7 Å². The van der Waals surface area contributed by atoms with E-state index >= 15 is 0 Å². The predicted octanol–water partition coefficient (Wildman–Crippen LogP) is 3.64. The number of ketones is 1. The van der Waals surface area contributed by atoms with Gasteiger partial charge in [0, 0.05) is 23.9 Å². The molecule has 2 N–H and O–H groups in total. The molecule has 1 saturated heterocycles. The number of nitrogens with zero attached hydrogens (tertiary/aromatic N) is 1. The first kappa shape index (κ1) is 21.3. The van der Waals surface area contributed by atoms with Crippen LogP contribution in [0, 0.1) is 0 Å². The lowest BCUT2D eigenvalue weighted by molar-refractivity contribution is -0.132. The van der Waals surface area contributed by atoms with E-state index in [2.05, 4.69) is 5.32 Å². The summed E-state index contributed by atoms with van der Waals surface area (Å²) in [6.45, 7) is 2.15. The number of rotatable bonds is 4. The third-order valence-electron chi connectivity index (χ3n) is 5.52. The summed E-state index contributed by atoms with van der Waals surface area (Å²) in [4.78, 5) is 39.1. The fraction of sp³-hybridized carbons (Fsp3) is 0.160. The molecule has 5 rings (SSSR count). The highest BCUT2D eigenvalue weighted by atomic mass is 16.6. The molecule has 1 unspecified atom stereocenters. The second-order valence-corrected chi connectivity index (χ2v) is 7.77. The van der Waals surface area contributed by atoms with Gasteiger partial charge >= 0.3 is 0 Å². The van der Waals surface area contributed by atoms with Crippen molar-refractivity contribution in [3.63, 3.8) is 0 Å². The summed E-state index contributed by atoms with van der Waals surface area (Å²) >= 11 is 0. The fourth-order valence-electron chi connectivity index (χ4n) is 4.10. The summed E-state index contributed by atoms with van der Waals surface area (Å²) in [6, 6.07) is 13.6. The van der Waals surface area contributed by atoms with E-state index in [-0.39, 0.29) is 17.2 Å². The van der Waals surface area contributed by atoms with Crippen LogP contribution in [0.15, 0.2) is 70.9 Å². The number of Topliss-reactive ketones (excluding diaryl/α,β-unsaturated/α-hetero) is 1. The first-order chi connectivity index (χ1) is 16.4. The molecule has 9 heteroatoms. The summed E-state index contributed by atoms with van der Waals surface area (Å²) in [7, 11) is 0. The van der Waals surface area contributed by atoms with Gasteiger partial charge in [-0.3, -0.25) is 19.3 Å². The van der Waals surface area contributed by atoms with Crippen LogP contribution in [0.5, 0.6) is 11.5 Å². The van der Waals surface area contributed by atoms with Crippen LogP contribution in [0.25, 0.3) is 5.76 Å². The summed E-state index contributed by atoms with van der Waals surface area (Å²) in [6.07, 6.45) is 1.42. The van der Waals surface area contributed by atoms with Crippen LogP contribution in [0.1, 0.15) is 24.3 Å². The number of aliphatic hydroxyl groups excluding tert-OH is 1. The largest absolute Gasteiger partial charge is 0.507 e. The number of hydrogen-bond donors (Lipinski definition) is 2. The number of hydrogen-bond acceptors (Lipinski definition) is 7. The normalized spacial score (nSPS) is 18.7. The Morgan fingerprint density at radius 1 is 1.03 bits per heavy atom. The standard InChI is InChI=1S/C25H20N2O7/c1-14(28)26-16-4-2-5-17(13-16)27-22(19-6-3-9-32-19)21(24(30)25(27)31)23(29)15-7-8-18-20(12-15)34-11-10-33-18/h2-9,12-13,22,29H,10-11H2,1H3,(H,26,28)/b23-21-. The molecule has 2 aliphatic rings. The number of fused-ring (bicyclic) bond motifs is 1. The van der Waals surface area contributed by atoms with Crippen molar-refractivity contribution < 1.29 is 33.4 Å². The van der Waals surface area contributed by atoms with E-state index in [1.165, 1.54) is 18.1 Å². The first-order valence-electron chi connectivity index (χ1n) is 10.6. The Morgan fingerprint density at radius 3 is 2.56 bits per heavy atom. The van der Waals surface area contributed by atoms with Crippen molar-refractivity contribution in [2.75, 3.05) is 23.4 Å². The van der Waals surface area contributed by atoms with E-state index in [9.17, 15) is 19.5 Å². The number of carbonyl (C=O) groups is 3. The number of ether oxygens (including phenoxy) is 2. The van der Waals surface area contributed by atoms with Crippen molar-refractivity contribution in [2.45, 2.75) is 13.0 Å². The molecule has 2 aromatic carbocycles. The van der Waals surface area contributed by atoms with E-state index in [1.54, 1.807) is 54.6 Å². The molecule has 1 fully saturated rings. The molecule has 2 aliphatic heterocycles. The van der Waals surface area contributed by atoms with Gasteiger partial charge in [-0.2, -0.15) is 0 Å². The molecule has 3 aromatic rings. The van der Waals surface area contributed by atoms with Gasteiger partial charge in [0.05, 0.1) is 11.8 Å². The highest BCUT2D eigenvalue weighted by Crippen LogP contribution is 2.43. The van der Waals surface area contributed by atoms with E-state index in [4.69, 9.17) is 13.9 Å². The lowest BCUT2D eigenvalue weighted by atomic mass is 9.99. The van der Waals surface area contributed by atoms with Gasteiger partial charge in [-0.1, -0.05) is 6.07 Å². The zero-order valence-corrected chi connectivity index (χ0v) is 18.1. The number of carbonyl (C=O) groups excluding carboxylic acids is 3. The van der Waals surface area contributed by atoms with Crippen molar-refractivity contribution in [1.82, 2.24) is 0 Å². The maximum atomic E-state index is 13.2. The first-order valence-corrected chi connectivity index (χ1v) is 10.6. The van der Waals surface area contributed by atoms with Gasteiger partial charge in [-0.25, -0.2) is 0 Å². The molecular weight excluding hydrogens is 440 g/mol. The van der Waals surface area contributed by atoms with Crippen LogP contribution < -0.4 is 19.7 Å². The molecule has 0 bridgehead atoms. The van der Waals surface area contributed by atoms with Crippen LogP contribution in [0.4, 0.5) is 11.4 Å². The van der Waals surface area contributed by atoms with Gasteiger partial charge in [0.15, 0.2) is 11.5 Å². The summed E-state index contributed by atoms with van der Waals surface area (Å²) in [5, 5.41) is 13.9. The van der Waals surface area contributed by atoms with Gasteiger partial charge < -0.3 is 24.3 Å². The number of aliphatic hydroxyl groups is 1. The lowest BCUT2D eigenvalue weighted by Crippen LogP contribution is -2.29. The van der Waals surface area contributed by atoms with Crippen LogP contribution in [-0.4, -0.2) is 35.9 Å². The van der Waals surface area contributed by atoms with Crippen LogP contribution >= 0.6 is 0 Å². The zero-order chi connectivity index (χ0) is 23.8. The highest BCUT2D eigenvalue weighted by Gasteiger charge is 2.48. The SMILES string of the molecule is CC(=O)Nc1cccc(N2C(=O)C(=O)/C(=C(\O)c3ccc4c(c3)OCCO4)C2c2ccco2)c1. The molecular formula is C25H20N2O7. The van der Waals surface area contributed by atoms with Gasteiger partial charge in [0.2, 0.25) is 5.91 Å². The number of benzene rings is 2. The minimum atomic E-state index is -1.02. The highest BCUT2D eigenvalue weighted by molar-refractivity contribution is 6.51. The second-order valence-electron chi connectivity index (χ2n) is 7.77. The maximum absolute atomic E-state index is 13.2. The topological polar surface area (TPSA) is 118 Å². The fourth-order valence-corrected chi connectivity index (χ4v) is 4.10. The van der Waals surface area contributed by atoms with Gasteiger partial charge in [0.1, 0.15) is 30.8 Å². The quantitative estimate of drug-likeness (QED) is 0.347. The number of furan rings is 1. The molecule has 1 aromatic heterocycles. The van der Waals surface area contributed by atoms with E-state index in [0.29, 0.717) is 47.4 Å². The van der Waals surface area contributed by atoms with Gasteiger partial charge in [-0.05, 0) is 48.5 Å². The summed E-state index contributed by atoms with van der Waals surface area (Å²) in [5.41, 5.74) is 0.986. The summed E-state index contributed by atoms with van der Waals surface area (Å²) in [5.74, 6) is -1.08. The molecule has 0 aliphatic carbocycles. The third-order valence-corrected chi connectivity index (χ3v) is 5.52. The smallest absolute Gasteiger partial charge is 0.300 e. The number of anilines is 2. The summed E-state index contributed by atoms with van der Waals surface area (Å²) < 4.78 is 16.7. The van der Waals surface area contributed by atoms with Crippen LogP contribution in [0.3, 0.4) is 0 Å². The molecule has 2 amide bonds. The minimum Gasteiger partial charge on any atom is -0.507 e. The van der Waals surface area contributed by atoms with Crippen LogP contribution in [-0.2, 0) is 14.4 Å². The van der Waals surface area contributed by atoms with Crippen molar-refractivity contribution >= 4 is 34.7 Å². The third kappa shape index (κ3) is 3.66. The predicted molar refractivity (Wildman–Crippen MR) is 122 cm³/mol. The molecule has 3 heterocycles. The zero-order valence-electron chi connectivity index (χ0n) is 18.1. The molecule has 0 radical (unpaired) electrons. The lowest BCUT2D eigenvalue weighted by Gasteiger charge is -2.24. The number of amides is 2. The number of nitrogens with one attached hydrogen (secondary N) is 1. The molecule has 9 nitrogen and oxygen atoms in total. The Hall–Kier alpha value is -4.53. The monoisotopic (exact) mass is 460 g/mol. The van der Waals surface area contributed by atoms with Crippen molar-refractivity contribution in [2.24, 2.45) is 0 Å². The average molecular weight is 460 g/mol. The molecule has 0 saturated carbocycles. The van der Waals surface area contributed by atoms with E-state index in [0.717, 1.165) is 0 Å². The van der Waals surface area contributed by atoms with Crippen molar-refractivity contribution in [3.8, 4) is 11.5 Å². The molecule has 0 spiro atoms. The Labute approximate surface area is 194 Å². The van der Waals surface area contributed by atoms with Gasteiger partial charge in [-0.15, -0.1) is 0 Å². The average Bonchev–Trinajstić information content (AvgIpc) is 3.45. The van der Waals surface area contributed by atoms with Crippen LogP contribution in [0.2, 0.25) is 0 Å². The maximum Gasteiger partial charge on any atom is 0.300 e. The molecule has 172 valence electrons. The molecule has 1 atom stereocenters. The van der Waals surface area contributed by atoms with Crippen molar-refractivity contribution in [1.29, 1.82) is 0 Å². The molecule has 34 heavy (non-hydrogen) atoms. The Balaban J connectivity index is 1.64. The van der Waals surface area contributed by atoms with E-state index in [1.807, 2.05) is 0 Å².